The quantitative estimate of drug-likeness (QED) is 0.536. The van der Waals surface area contributed by atoms with Gasteiger partial charge in [0, 0.05) is 28.3 Å². The minimum absolute atomic E-state index is 0.448. The summed E-state index contributed by atoms with van der Waals surface area (Å²) in [6, 6.07) is 5.88. The first-order valence-corrected chi connectivity index (χ1v) is 8.27. The molecule has 1 aromatic carbocycles. The molecule has 0 amide bonds. The third kappa shape index (κ3) is 4.18. The van der Waals surface area contributed by atoms with Crippen molar-refractivity contribution in [3.05, 3.63) is 55.1 Å². The number of hydrogen-bond donors (Lipinski definition) is 0. The first-order valence-electron chi connectivity index (χ1n) is 5.36. The highest BCUT2D eigenvalue weighted by atomic mass is 79.9. The fourth-order valence-corrected chi connectivity index (χ4v) is 3.59. The number of alkyl halides is 1. The molecule has 0 fully saturated rings. The first-order chi connectivity index (χ1) is 9.10. The molecule has 2 nitrogen and oxygen atoms in total. The van der Waals surface area contributed by atoms with Crippen molar-refractivity contribution in [1.29, 1.82) is 0 Å². The molecule has 0 N–H and O–H groups in total. The van der Waals surface area contributed by atoms with Crippen molar-refractivity contribution in [2.24, 2.45) is 0 Å². The molecule has 1 aromatic heterocycles. The molecule has 0 saturated carbocycles. The van der Waals surface area contributed by atoms with Crippen LogP contribution in [0.15, 0.2) is 44.0 Å². The molecule has 0 radical (unpaired) electrons. The monoisotopic (exact) mass is 467 g/mol. The molecule has 0 unspecified atom stereocenters. The summed E-state index contributed by atoms with van der Waals surface area (Å²) in [5.41, 5.74) is 2.02. The Morgan fingerprint density at radius 3 is 2.26 bits per heavy atom. The SMILES string of the molecule is ClCc1cc(Br)c(OCc2cncc(Br)c2)c(Br)c1. The van der Waals surface area contributed by atoms with Crippen molar-refractivity contribution in [3.63, 3.8) is 0 Å². The summed E-state index contributed by atoms with van der Waals surface area (Å²) in [4.78, 5) is 4.10. The van der Waals surface area contributed by atoms with Crippen LogP contribution in [0.3, 0.4) is 0 Å². The van der Waals surface area contributed by atoms with Gasteiger partial charge in [0.1, 0.15) is 12.4 Å². The molecule has 2 rings (SSSR count). The minimum Gasteiger partial charge on any atom is -0.486 e. The Morgan fingerprint density at radius 2 is 1.68 bits per heavy atom. The van der Waals surface area contributed by atoms with Crippen LogP contribution in [0.1, 0.15) is 11.1 Å². The van der Waals surface area contributed by atoms with E-state index in [9.17, 15) is 0 Å². The van der Waals surface area contributed by atoms with Crippen molar-refractivity contribution in [2.45, 2.75) is 12.5 Å². The molecule has 0 atom stereocenters. The van der Waals surface area contributed by atoms with Crippen molar-refractivity contribution >= 4 is 59.4 Å². The maximum Gasteiger partial charge on any atom is 0.148 e. The number of halogens is 4. The summed E-state index contributed by atoms with van der Waals surface area (Å²) < 4.78 is 8.50. The predicted molar refractivity (Wildman–Crippen MR) is 87.7 cm³/mol. The van der Waals surface area contributed by atoms with Gasteiger partial charge in [-0.25, -0.2) is 0 Å². The summed E-state index contributed by atoms with van der Waals surface area (Å²) in [6.45, 7) is 0.448. The Bertz CT molecular complexity index is 569. The first kappa shape index (κ1) is 15.3. The van der Waals surface area contributed by atoms with Crippen LogP contribution in [-0.4, -0.2) is 4.98 Å². The van der Waals surface area contributed by atoms with Crippen LogP contribution in [0.5, 0.6) is 5.75 Å². The van der Waals surface area contributed by atoms with E-state index in [0.29, 0.717) is 12.5 Å². The van der Waals surface area contributed by atoms with E-state index in [1.165, 1.54) is 0 Å². The zero-order valence-corrected chi connectivity index (χ0v) is 15.2. The molecule has 0 aliphatic carbocycles. The number of benzene rings is 1. The molecule has 100 valence electrons. The topological polar surface area (TPSA) is 22.1 Å². The van der Waals surface area contributed by atoms with E-state index in [-0.39, 0.29) is 0 Å². The second-order valence-corrected chi connectivity index (χ2v) is 6.71. The van der Waals surface area contributed by atoms with Crippen molar-refractivity contribution in [3.8, 4) is 5.75 Å². The van der Waals surface area contributed by atoms with Gasteiger partial charge in [-0.3, -0.25) is 4.98 Å². The number of ether oxygens (including phenoxy) is 1. The van der Waals surface area contributed by atoms with Crippen molar-refractivity contribution < 1.29 is 4.74 Å². The lowest BCUT2D eigenvalue weighted by atomic mass is 10.2. The Labute approximate surface area is 141 Å². The molecule has 1 heterocycles. The van der Waals surface area contributed by atoms with Gasteiger partial charge in [-0.2, -0.15) is 0 Å². The van der Waals surface area contributed by atoms with Crippen molar-refractivity contribution in [1.82, 2.24) is 4.98 Å². The normalized spacial score (nSPS) is 10.5. The fourth-order valence-electron chi connectivity index (χ4n) is 1.52. The highest BCUT2D eigenvalue weighted by Gasteiger charge is 2.09. The second-order valence-electron chi connectivity index (χ2n) is 3.82. The van der Waals surface area contributed by atoms with Crippen LogP contribution in [0.4, 0.5) is 0 Å². The molecule has 0 aliphatic rings. The lowest BCUT2D eigenvalue weighted by Crippen LogP contribution is -1.98. The molecule has 0 spiro atoms. The number of pyridine rings is 1. The average molecular weight is 470 g/mol. The maximum absolute atomic E-state index is 5.82. The summed E-state index contributed by atoms with van der Waals surface area (Å²) in [6.07, 6.45) is 3.52. The Hall–Kier alpha value is -0.100. The van der Waals surface area contributed by atoms with Gasteiger partial charge in [-0.1, -0.05) is 0 Å². The number of nitrogens with zero attached hydrogens (tertiary/aromatic N) is 1. The second kappa shape index (κ2) is 7.07. The van der Waals surface area contributed by atoms with E-state index < -0.39 is 0 Å². The van der Waals surface area contributed by atoms with E-state index in [2.05, 4.69) is 52.8 Å². The lowest BCUT2D eigenvalue weighted by molar-refractivity contribution is 0.301. The molecule has 6 heteroatoms. The smallest absolute Gasteiger partial charge is 0.148 e. The average Bonchev–Trinajstić information content (AvgIpc) is 2.37. The van der Waals surface area contributed by atoms with Gasteiger partial charge in [0.15, 0.2) is 0 Å². The van der Waals surface area contributed by atoms with Crippen LogP contribution >= 0.6 is 59.4 Å². The maximum atomic E-state index is 5.82. The summed E-state index contributed by atoms with van der Waals surface area (Å²) in [5.74, 6) is 1.22. The zero-order chi connectivity index (χ0) is 13.8. The largest absolute Gasteiger partial charge is 0.486 e. The van der Waals surface area contributed by atoms with Gasteiger partial charge in [0.25, 0.3) is 0 Å². The van der Waals surface area contributed by atoms with Gasteiger partial charge in [0.05, 0.1) is 8.95 Å². The molecule has 19 heavy (non-hydrogen) atoms. The number of aromatic nitrogens is 1. The third-order valence-corrected chi connectivity index (χ3v) is 4.28. The Kier molecular flexibility index (Phi) is 5.69. The third-order valence-electron chi connectivity index (χ3n) is 2.36. The van der Waals surface area contributed by atoms with Crippen LogP contribution in [0, 0.1) is 0 Å². The van der Waals surface area contributed by atoms with Crippen LogP contribution in [-0.2, 0) is 12.5 Å². The van der Waals surface area contributed by atoms with Gasteiger partial charge >= 0.3 is 0 Å². The highest BCUT2D eigenvalue weighted by molar-refractivity contribution is 9.11. The van der Waals surface area contributed by atoms with Gasteiger partial charge in [-0.15, -0.1) is 11.6 Å². The number of hydrogen-bond acceptors (Lipinski definition) is 2. The van der Waals surface area contributed by atoms with Crippen molar-refractivity contribution in [2.75, 3.05) is 0 Å². The molecule has 0 bridgehead atoms. The molecular weight excluding hydrogens is 461 g/mol. The number of rotatable bonds is 4. The zero-order valence-electron chi connectivity index (χ0n) is 9.67. The molecular formula is C13H9Br3ClNO. The van der Waals surface area contributed by atoms with E-state index in [1.54, 1.807) is 12.4 Å². The van der Waals surface area contributed by atoms with Gasteiger partial charge in [0.2, 0.25) is 0 Å². The molecule has 0 saturated heterocycles. The summed E-state index contributed by atoms with van der Waals surface area (Å²) in [5, 5.41) is 0. The van der Waals surface area contributed by atoms with Crippen LogP contribution in [0.2, 0.25) is 0 Å². The van der Waals surface area contributed by atoms with E-state index in [1.807, 2.05) is 18.2 Å². The summed E-state index contributed by atoms with van der Waals surface area (Å²) >= 11 is 16.2. The van der Waals surface area contributed by atoms with Crippen LogP contribution < -0.4 is 4.74 Å². The van der Waals surface area contributed by atoms with E-state index in [0.717, 1.165) is 30.3 Å². The van der Waals surface area contributed by atoms with Gasteiger partial charge < -0.3 is 4.74 Å². The van der Waals surface area contributed by atoms with Crippen LogP contribution in [0.25, 0.3) is 0 Å². The van der Waals surface area contributed by atoms with E-state index in [4.69, 9.17) is 16.3 Å². The Morgan fingerprint density at radius 1 is 1.00 bits per heavy atom. The molecule has 2 aromatic rings. The lowest BCUT2D eigenvalue weighted by Gasteiger charge is -2.11. The molecule has 0 aliphatic heterocycles. The Balaban J connectivity index is 2.16. The van der Waals surface area contributed by atoms with E-state index >= 15 is 0 Å². The fraction of sp³-hybridized carbons (Fsp3) is 0.154. The van der Waals surface area contributed by atoms with Gasteiger partial charge in [-0.05, 0) is 71.6 Å². The predicted octanol–water partition coefficient (Wildman–Crippen LogP) is 5.69. The summed E-state index contributed by atoms with van der Waals surface area (Å²) in [7, 11) is 0. The minimum atomic E-state index is 0.448. The highest BCUT2D eigenvalue weighted by Crippen LogP contribution is 2.35. The standard InChI is InChI=1S/C13H9Br3ClNO/c14-10-1-9(5-18-6-10)7-19-13-11(15)2-8(4-17)3-12(13)16/h1-3,5-6H,4,7H2.